The number of nitrogens with zero attached hydrogens (tertiary/aromatic N) is 3. The van der Waals surface area contributed by atoms with Crippen molar-refractivity contribution in [3.05, 3.63) is 44.0 Å². The first kappa shape index (κ1) is 13.0. The zero-order chi connectivity index (χ0) is 14.4. The van der Waals surface area contributed by atoms with Gasteiger partial charge in [-0.3, -0.25) is 14.0 Å². The SMILES string of the molecule is O=c1c2c3c(sc2[nH]c(=S)n1CCn1cccn1)CCC3. The highest BCUT2D eigenvalue weighted by Gasteiger charge is 2.21. The van der Waals surface area contributed by atoms with Crippen LogP contribution in [-0.4, -0.2) is 19.3 Å². The lowest BCUT2D eigenvalue weighted by molar-refractivity contribution is 0.517. The average molecular weight is 318 g/mol. The molecule has 0 amide bonds. The molecule has 4 rings (SSSR count). The summed E-state index contributed by atoms with van der Waals surface area (Å²) in [7, 11) is 0. The third-order valence-corrected chi connectivity index (χ3v) is 5.49. The maximum absolute atomic E-state index is 12.8. The van der Waals surface area contributed by atoms with Gasteiger partial charge in [-0.2, -0.15) is 5.10 Å². The molecule has 7 heteroatoms. The van der Waals surface area contributed by atoms with Gasteiger partial charge in [-0.25, -0.2) is 0 Å². The Morgan fingerprint density at radius 2 is 2.29 bits per heavy atom. The van der Waals surface area contributed by atoms with E-state index in [0.717, 1.165) is 29.5 Å². The molecule has 0 radical (unpaired) electrons. The number of nitrogens with one attached hydrogen (secondary N) is 1. The molecule has 0 unspecified atom stereocenters. The van der Waals surface area contributed by atoms with E-state index in [1.165, 1.54) is 10.4 Å². The minimum atomic E-state index is 0.0420. The Bertz CT molecular complexity index is 917. The number of H-pyrrole nitrogens is 1. The molecule has 0 aromatic carbocycles. The third kappa shape index (κ3) is 2.08. The van der Waals surface area contributed by atoms with Crippen molar-refractivity contribution in [2.45, 2.75) is 32.4 Å². The van der Waals surface area contributed by atoms with Gasteiger partial charge in [0, 0.05) is 23.8 Å². The van der Waals surface area contributed by atoms with E-state index in [-0.39, 0.29) is 5.56 Å². The van der Waals surface area contributed by atoms with Crippen LogP contribution in [0.15, 0.2) is 23.3 Å². The lowest BCUT2D eigenvalue weighted by Gasteiger charge is -2.07. The number of aryl methyl sites for hydroxylation is 3. The quantitative estimate of drug-likeness (QED) is 0.755. The van der Waals surface area contributed by atoms with E-state index in [1.54, 1.807) is 22.1 Å². The van der Waals surface area contributed by atoms with Gasteiger partial charge in [0.1, 0.15) is 4.83 Å². The summed E-state index contributed by atoms with van der Waals surface area (Å²) >= 11 is 7.04. The second-order valence-electron chi connectivity index (χ2n) is 5.22. The molecule has 1 aliphatic rings. The Morgan fingerprint density at radius 1 is 1.38 bits per heavy atom. The molecule has 0 saturated carbocycles. The first-order valence-electron chi connectivity index (χ1n) is 6.99. The summed E-state index contributed by atoms with van der Waals surface area (Å²) in [5, 5.41) is 5.01. The van der Waals surface area contributed by atoms with Crippen molar-refractivity contribution < 1.29 is 0 Å². The van der Waals surface area contributed by atoms with E-state index in [2.05, 4.69) is 10.1 Å². The van der Waals surface area contributed by atoms with Crippen LogP contribution < -0.4 is 5.56 Å². The lowest BCUT2D eigenvalue weighted by atomic mass is 10.2. The van der Waals surface area contributed by atoms with E-state index >= 15 is 0 Å². The number of fused-ring (bicyclic) bond motifs is 3. The van der Waals surface area contributed by atoms with Gasteiger partial charge in [0.2, 0.25) is 0 Å². The van der Waals surface area contributed by atoms with Crippen LogP contribution in [0.1, 0.15) is 16.9 Å². The number of hydrogen-bond acceptors (Lipinski definition) is 4. The highest BCUT2D eigenvalue weighted by molar-refractivity contribution is 7.71. The minimum absolute atomic E-state index is 0.0420. The van der Waals surface area contributed by atoms with Gasteiger partial charge in [0.05, 0.1) is 11.9 Å². The molecule has 3 heterocycles. The molecule has 5 nitrogen and oxygen atoms in total. The Hall–Kier alpha value is -1.73. The maximum atomic E-state index is 12.8. The van der Waals surface area contributed by atoms with Crippen molar-refractivity contribution in [1.82, 2.24) is 19.3 Å². The van der Waals surface area contributed by atoms with E-state index in [9.17, 15) is 4.79 Å². The zero-order valence-electron chi connectivity index (χ0n) is 11.3. The number of thiophene rings is 1. The fourth-order valence-electron chi connectivity index (χ4n) is 2.95. The van der Waals surface area contributed by atoms with Gasteiger partial charge in [-0.1, -0.05) is 0 Å². The van der Waals surface area contributed by atoms with Crippen LogP contribution in [0, 0.1) is 4.77 Å². The Labute approximate surface area is 129 Å². The molecule has 0 fully saturated rings. The number of rotatable bonds is 3. The zero-order valence-corrected chi connectivity index (χ0v) is 13.0. The highest BCUT2D eigenvalue weighted by atomic mass is 32.1. The van der Waals surface area contributed by atoms with Crippen molar-refractivity contribution in [2.24, 2.45) is 0 Å². The van der Waals surface area contributed by atoms with Crippen LogP contribution in [0.3, 0.4) is 0 Å². The maximum Gasteiger partial charge on any atom is 0.263 e. The molecular formula is C14H14N4OS2. The Balaban J connectivity index is 1.81. The van der Waals surface area contributed by atoms with Crippen molar-refractivity contribution in [1.29, 1.82) is 0 Å². The molecular weight excluding hydrogens is 304 g/mol. The van der Waals surface area contributed by atoms with E-state index < -0.39 is 0 Å². The summed E-state index contributed by atoms with van der Waals surface area (Å²) in [6.07, 6.45) is 6.87. The van der Waals surface area contributed by atoms with Crippen LogP contribution in [0.5, 0.6) is 0 Å². The van der Waals surface area contributed by atoms with Crippen molar-refractivity contribution in [3.63, 3.8) is 0 Å². The lowest BCUT2D eigenvalue weighted by Crippen LogP contribution is -2.24. The van der Waals surface area contributed by atoms with E-state index in [1.807, 2.05) is 16.9 Å². The normalized spacial score (nSPS) is 13.9. The van der Waals surface area contributed by atoms with Gasteiger partial charge in [0.25, 0.3) is 5.56 Å². The largest absolute Gasteiger partial charge is 0.323 e. The molecule has 0 atom stereocenters. The van der Waals surface area contributed by atoms with Crippen molar-refractivity contribution >= 4 is 33.8 Å². The van der Waals surface area contributed by atoms with E-state index in [4.69, 9.17) is 12.2 Å². The average Bonchev–Trinajstić information content (AvgIpc) is 3.13. The van der Waals surface area contributed by atoms with E-state index in [0.29, 0.717) is 17.9 Å². The van der Waals surface area contributed by atoms with Crippen molar-refractivity contribution in [2.75, 3.05) is 0 Å². The fraction of sp³-hybridized carbons (Fsp3) is 0.357. The van der Waals surface area contributed by atoms with Crippen LogP contribution in [0.4, 0.5) is 0 Å². The first-order valence-corrected chi connectivity index (χ1v) is 8.21. The molecule has 3 aromatic heterocycles. The van der Waals surface area contributed by atoms with Gasteiger partial charge >= 0.3 is 0 Å². The predicted octanol–water partition coefficient (Wildman–Crippen LogP) is 2.51. The summed E-state index contributed by atoms with van der Waals surface area (Å²) in [5.41, 5.74) is 1.28. The van der Waals surface area contributed by atoms with Gasteiger partial charge in [-0.15, -0.1) is 11.3 Å². The molecule has 0 spiro atoms. The van der Waals surface area contributed by atoms with Crippen LogP contribution >= 0.6 is 23.6 Å². The topological polar surface area (TPSA) is 55.6 Å². The third-order valence-electron chi connectivity index (χ3n) is 3.96. The molecule has 0 saturated heterocycles. The number of hydrogen-bond donors (Lipinski definition) is 1. The molecule has 3 aromatic rings. The second kappa shape index (κ2) is 4.92. The summed E-state index contributed by atoms with van der Waals surface area (Å²) in [6, 6.07) is 1.87. The van der Waals surface area contributed by atoms with Crippen molar-refractivity contribution in [3.8, 4) is 0 Å². The number of aromatic amines is 1. The standard InChI is InChI=1S/C14H14N4OS2/c19-13-11-9-3-1-4-10(9)21-12(11)16-14(20)18(13)8-7-17-6-2-5-15-17/h2,5-6H,1,3-4,7-8H2,(H,16,20). The Morgan fingerprint density at radius 3 is 3.10 bits per heavy atom. The molecule has 0 aliphatic heterocycles. The molecule has 0 bridgehead atoms. The highest BCUT2D eigenvalue weighted by Crippen LogP contribution is 2.34. The van der Waals surface area contributed by atoms with Crippen LogP contribution in [-0.2, 0) is 25.9 Å². The summed E-state index contributed by atoms with van der Waals surface area (Å²) in [6.45, 7) is 1.18. The van der Waals surface area contributed by atoms with Gasteiger partial charge in [0.15, 0.2) is 4.77 Å². The summed E-state index contributed by atoms with van der Waals surface area (Å²) in [5.74, 6) is 0. The molecule has 1 N–H and O–H groups in total. The monoisotopic (exact) mass is 318 g/mol. The minimum Gasteiger partial charge on any atom is -0.323 e. The van der Waals surface area contributed by atoms with Crippen LogP contribution in [0.25, 0.3) is 10.2 Å². The first-order chi connectivity index (χ1) is 10.2. The Kier molecular flexibility index (Phi) is 3.04. The predicted molar refractivity (Wildman–Crippen MR) is 85.5 cm³/mol. The molecule has 1 aliphatic carbocycles. The second-order valence-corrected chi connectivity index (χ2v) is 6.71. The smallest absolute Gasteiger partial charge is 0.263 e. The summed E-state index contributed by atoms with van der Waals surface area (Å²) < 4.78 is 3.97. The van der Waals surface area contributed by atoms with Gasteiger partial charge < -0.3 is 4.98 Å². The summed E-state index contributed by atoms with van der Waals surface area (Å²) in [4.78, 5) is 18.3. The fourth-order valence-corrected chi connectivity index (χ4v) is 4.57. The molecule has 108 valence electrons. The van der Waals surface area contributed by atoms with Gasteiger partial charge in [-0.05, 0) is 43.1 Å². The number of aromatic nitrogens is 4. The molecule has 21 heavy (non-hydrogen) atoms. The van der Waals surface area contributed by atoms with Crippen LogP contribution in [0.2, 0.25) is 0 Å².